The second-order valence-corrected chi connectivity index (χ2v) is 2.65. The molecule has 0 aliphatic heterocycles. The van der Waals surface area contributed by atoms with E-state index in [0.29, 0.717) is 0 Å². The number of non-ortho nitro benzene ring substituents is 1. The molecule has 0 fully saturated rings. The summed E-state index contributed by atoms with van der Waals surface area (Å²) in [6, 6.07) is 7.05. The number of amides is 1. The van der Waals surface area contributed by atoms with Crippen molar-refractivity contribution in [2.75, 3.05) is 6.54 Å². The van der Waals surface area contributed by atoms with Crippen molar-refractivity contribution in [1.82, 2.24) is 5.32 Å². The van der Waals surface area contributed by atoms with Crippen LogP contribution in [0.4, 0.5) is 5.69 Å². The molecule has 0 saturated carbocycles. The largest absolute Gasteiger partial charge is 0.339 e. The third-order valence-corrected chi connectivity index (χ3v) is 1.65. The fourth-order valence-electron chi connectivity index (χ4n) is 0.983. The van der Waals surface area contributed by atoms with Crippen molar-refractivity contribution in [2.45, 2.75) is 0 Å². The van der Waals surface area contributed by atoms with Gasteiger partial charge in [0.15, 0.2) is 0 Å². The molecule has 0 aromatic heterocycles. The van der Waals surface area contributed by atoms with Crippen LogP contribution in [0, 0.1) is 21.4 Å². The number of nitro benzene ring substituents is 1. The molecule has 6 heteroatoms. The smallest absolute Gasteiger partial charge is 0.270 e. The van der Waals surface area contributed by atoms with Crippen molar-refractivity contribution >= 4 is 11.6 Å². The SMILES string of the molecule is N#CCNC(=O)c1cccc([N+](=O)[O-])c1. The van der Waals surface area contributed by atoms with E-state index >= 15 is 0 Å². The molecule has 0 aliphatic carbocycles. The molecule has 0 radical (unpaired) electrons. The van der Waals surface area contributed by atoms with Gasteiger partial charge < -0.3 is 5.32 Å². The van der Waals surface area contributed by atoms with Crippen LogP contribution >= 0.6 is 0 Å². The lowest BCUT2D eigenvalue weighted by molar-refractivity contribution is -0.384. The van der Waals surface area contributed by atoms with Crippen molar-refractivity contribution in [3.05, 3.63) is 39.9 Å². The molecule has 1 aromatic carbocycles. The van der Waals surface area contributed by atoms with E-state index < -0.39 is 10.8 Å². The van der Waals surface area contributed by atoms with E-state index in [1.807, 2.05) is 0 Å². The Labute approximate surface area is 85.3 Å². The van der Waals surface area contributed by atoms with Crippen molar-refractivity contribution in [2.24, 2.45) is 0 Å². The van der Waals surface area contributed by atoms with Crippen LogP contribution in [-0.4, -0.2) is 17.4 Å². The van der Waals surface area contributed by atoms with Gasteiger partial charge in [-0.2, -0.15) is 5.26 Å². The van der Waals surface area contributed by atoms with E-state index in [2.05, 4.69) is 5.32 Å². The van der Waals surface area contributed by atoms with Gasteiger partial charge in [-0.1, -0.05) is 6.07 Å². The first kappa shape index (κ1) is 10.7. The van der Waals surface area contributed by atoms with Gasteiger partial charge in [0.25, 0.3) is 11.6 Å². The Morgan fingerprint density at radius 2 is 2.33 bits per heavy atom. The maximum atomic E-state index is 11.3. The summed E-state index contributed by atoms with van der Waals surface area (Å²) >= 11 is 0. The van der Waals surface area contributed by atoms with E-state index in [-0.39, 0.29) is 17.8 Å². The Kier molecular flexibility index (Phi) is 3.35. The number of carbonyl (C=O) groups is 1. The molecule has 0 atom stereocenters. The zero-order valence-electron chi connectivity index (χ0n) is 7.64. The molecule has 76 valence electrons. The summed E-state index contributed by atoms with van der Waals surface area (Å²) < 4.78 is 0. The lowest BCUT2D eigenvalue weighted by atomic mass is 10.2. The normalized spacial score (nSPS) is 9.00. The minimum absolute atomic E-state index is 0.123. The maximum absolute atomic E-state index is 11.3. The van der Waals surface area contributed by atoms with E-state index in [1.165, 1.54) is 18.2 Å². The van der Waals surface area contributed by atoms with Crippen molar-refractivity contribution in [3.63, 3.8) is 0 Å². The summed E-state index contributed by atoms with van der Waals surface area (Å²) in [6.07, 6.45) is 0. The van der Waals surface area contributed by atoms with Crippen LogP contribution in [0.3, 0.4) is 0 Å². The minimum atomic E-state index is -0.582. The van der Waals surface area contributed by atoms with Gasteiger partial charge in [0.2, 0.25) is 0 Å². The molecule has 0 bridgehead atoms. The van der Waals surface area contributed by atoms with Gasteiger partial charge in [-0.05, 0) is 6.07 Å². The van der Waals surface area contributed by atoms with Crippen molar-refractivity contribution < 1.29 is 9.72 Å². The number of nitriles is 1. The van der Waals surface area contributed by atoms with Gasteiger partial charge in [-0.15, -0.1) is 0 Å². The summed E-state index contributed by atoms with van der Waals surface area (Å²) in [4.78, 5) is 21.1. The van der Waals surface area contributed by atoms with Gasteiger partial charge in [0.1, 0.15) is 6.54 Å². The highest BCUT2D eigenvalue weighted by Crippen LogP contribution is 2.12. The standard InChI is InChI=1S/C9H7N3O3/c10-4-5-11-9(13)7-2-1-3-8(6-7)12(14)15/h1-3,6H,5H2,(H,11,13). The molecule has 1 amide bonds. The molecule has 15 heavy (non-hydrogen) atoms. The first-order chi connectivity index (χ1) is 7.15. The zero-order valence-corrected chi connectivity index (χ0v) is 7.64. The monoisotopic (exact) mass is 205 g/mol. The first-order valence-corrected chi connectivity index (χ1v) is 4.04. The molecule has 0 spiro atoms. The van der Waals surface area contributed by atoms with E-state index in [0.717, 1.165) is 6.07 Å². The highest BCUT2D eigenvalue weighted by atomic mass is 16.6. The number of nitrogens with one attached hydrogen (secondary N) is 1. The van der Waals surface area contributed by atoms with Gasteiger partial charge in [-0.3, -0.25) is 14.9 Å². The van der Waals surface area contributed by atoms with Gasteiger partial charge in [0, 0.05) is 17.7 Å². The topological polar surface area (TPSA) is 96.0 Å². The van der Waals surface area contributed by atoms with Crippen LogP contribution in [0.2, 0.25) is 0 Å². The number of nitro groups is 1. The second-order valence-electron chi connectivity index (χ2n) is 2.65. The van der Waals surface area contributed by atoms with Crippen LogP contribution in [0.25, 0.3) is 0 Å². The fraction of sp³-hybridized carbons (Fsp3) is 0.111. The third kappa shape index (κ3) is 2.77. The predicted molar refractivity (Wildman–Crippen MR) is 51.0 cm³/mol. The molecule has 0 heterocycles. The van der Waals surface area contributed by atoms with Gasteiger partial charge >= 0.3 is 0 Å². The number of hydrogen-bond donors (Lipinski definition) is 1. The fourth-order valence-corrected chi connectivity index (χ4v) is 0.983. The number of hydrogen-bond acceptors (Lipinski definition) is 4. The lowest BCUT2D eigenvalue weighted by Gasteiger charge is -1.99. The Hall–Kier alpha value is -2.42. The van der Waals surface area contributed by atoms with Crippen LogP contribution in [0.1, 0.15) is 10.4 Å². The van der Waals surface area contributed by atoms with Crippen LogP contribution in [0.15, 0.2) is 24.3 Å². The maximum Gasteiger partial charge on any atom is 0.270 e. The molecular weight excluding hydrogens is 198 g/mol. The molecule has 1 N–H and O–H groups in total. The lowest BCUT2D eigenvalue weighted by Crippen LogP contribution is -2.23. The summed E-state index contributed by atoms with van der Waals surface area (Å²) in [5.74, 6) is -0.500. The minimum Gasteiger partial charge on any atom is -0.339 e. The number of carbonyl (C=O) groups excluding carboxylic acids is 1. The average Bonchev–Trinajstić information content (AvgIpc) is 2.26. The van der Waals surface area contributed by atoms with E-state index in [9.17, 15) is 14.9 Å². The van der Waals surface area contributed by atoms with Crippen LogP contribution < -0.4 is 5.32 Å². The van der Waals surface area contributed by atoms with Crippen LogP contribution in [-0.2, 0) is 0 Å². The Morgan fingerprint density at radius 1 is 1.60 bits per heavy atom. The number of nitrogens with zero attached hydrogens (tertiary/aromatic N) is 2. The van der Waals surface area contributed by atoms with E-state index in [1.54, 1.807) is 6.07 Å². The Bertz CT molecular complexity index is 436. The van der Waals surface area contributed by atoms with Crippen molar-refractivity contribution in [3.8, 4) is 6.07 Å². The summed E-state index contributed by atoms with van der Waals surface area (Å²) in [6.45, 7) is -0.123. The number of rotatable bonds is 3. The third-order valence-electron chi connectivity index (χ3n) is 1.65. The van der Waals surface area contributed by atoms with Gasteiger partial charge in [0.05, 0.1) is 11.0 Å². The van der Waals surface area contributed by atoms with Crippen LogP contribution in [0.5, 0.6) is 0 Å². The Balaban J connectivity index is 2.86. The predicted octanol–water partition coefficient (Wildman–Crippen LogP) is 0.848. The molecule has 1 rings (SSSR count). The molecular formula is C9H7N3O3. The summed E-state index contributed by atoms with van der Waals surface area (Å²) in [5, 5.41) is 20.9. The molecule has 1 aromatic rings. The van der Waals surface area contributed by atoms with E-state index in [4.69, 9.17) is 5.26 Å². The highest BCUT2D eigenvalue weighted by molar-refractivity contribution is 5.94. The molecule has 0 aliphatic rings. The second kappa shape index (κ2) is 4.72. The van der Waals surface area contributed by atoms with Gasteiger partial charge in [-0.25, -0.2) is 0 Å². The van der Waals surface area contributed by atoms with Crippen molar-refractivity contribution in [1.29, 1.82) is 5.26 Å². The quantitative estimate of drug-likeness (QED) is 0.449. The first-order valence-electron chi connectivity index (χ1n) is 4.04. The molecule has 0 saturated heterocycles. The molecule has 0 unspecified atom stereocenters. The molecule has 6 nitrogen and oxygen atoms in total. The summed E-state index contributed by atoms with van der Waals surface area (Å²) in [5.41, 5.74) is 0.0130. The summed E-state index contributed by atoms with van der Waals surface area (Å²) in [7, 11) is 0. The highest BCUT2D eigenvalue weighted by Gasteiger charge is 2.10. The average molecular weight is 205 g/mol. The Morgan fingerprint density at radius 3 is 2.93 bits per heavy atom. The number of benzene rings is 1. The zero-order chi connectivity index (χ0) is 11.3.